The molecule has 212 valence electrons. The summed E-state index contributed by atoms with van der Waals surface area (Å²) in [5, 5.41) is 4.07. The number of aromatic nitrogens is 1. The first-order valence-corrected chi connectivity index (χ1v) is 13.4. The maximum atomic E-state index is 14.5. The number of aliphatic imine (C=N–C) groups is 1. The van der Waals surface area contributed by atoms with Crippen molar-refractivity contribution in [3.05, 3.63) is 70.7 Å². The van der Waals surface area contributed by atoms with Crippen LogP contribution in [0.25, 0.3) is 11.3 Å². The monoisotopic (exact) mass is 558 g/mol. The van der Waals surface area contributed by atoms with Gasteiger partial charge in [-0.05, 0) is 49.4 Å². The minimum absolute atomic E-state index is 0.0350. The van der Waals surface area contributed by atoms with Gasteiger partial charge in [-0.2, -0.15) is 13.2 Å². The zero-order valence-corrected chi connectivity index (χ0v) is 22.0. The highest BCUT2D eigenvalue weighted by Crippen LogP contribution is 2.46. The normalized spacial score (nSPS) is 16.7. The number of halogens is 4. The number of ether oxygens (including phenoxy) is 2. The van der Waals surface area contributed by atoms with Gasteiger partial charge in [0.1, 0.15) is 17.3 Å². The van der Waals surface area contributed by atoms with Crippen LogP contribution < -0.4 is 0 Å². The van der Waals surface area contributed by atoms with Crippen molar-refractivity contribution >= 4 is 17.9 Å². The molecule has 2 fully saturated rings. The first-order valence-electron chi connectivity index (χ1n) is 13.4. The molecule has 0 amide bonds. The second-order valence-electron chi connectivity index (χ2n) is 10.4. The van der Waals surface area contributed by atoms with E-state index in [1.54, 1.807) is 12.3 Å². The van der Waals surface area contributed by atoms with E-state index in [2.05, 4.69) is 14.9 Å². The summed E-state index contributed by atoms with van der Waals surface area (Å²) in [4.78, 5) is 15.9. The van der Waals surface area contributed by atoms with Crippen LogP contribution in [0, 0.1) is 11.7 Å². The second-order valence-corrected chi connectivity index (χ2v) is 10.4. The van der Waals surface area contributed by atoms with E-state index in [9.17, 15) is 22.4 Å². The maximum Gasteiger partial charge on any atom is 0.417 e. The lowest BCUT2D eigenvalue weighted by molar-refractivity contribution is -0.137. The highest BCUT2D eigenvalue weighted by Gasteiger charge is 2.37. The molecule has 40 heavy (non-hydrogen) atoms. The summed E-state index contributed by atoms with van der Waals surface area (Å²) >= 11 is 0. The van der Waals surface area contributed by atoms with Gasteiger partial charge in [-0.3, -0.25) is 4.99 Å². The molecule has 2 aromatic carbocycles. The van der Waals surface area contributed by atoms with Gasteiger partial charge in [-0.15, -0.1) is 0 Å². The van der Waals surface area contributed by atoms with Gasteiger partial charge in [0.25, 0.3) is 0 Å². The van der Waals surface area contributed by atoms with Gasteiger partial charge in [0.2, 0.25) is 0 Å². The molecule has 0 radical (unpaired) electrons. The van der Waals surface area contributed by atoms with Crippen LogP contribution in [0.5, 0.6) is 0 Å². The lowest BCUT2D eigenvalue weighted by Crippen LogP contribution is -2.22. The molecule has 0 aliphatic heterocycles. The first-order chi connectivity index (χ1) is 19.2. The van der Waals surface area contributed by atoms with Gasteiger partial charge >= 0.3 is 12.1 Å². The summed E-state index contributed by atoms with van der Waals surface area (Å²) in [5.74, 6) is -0.0939. The Morgan fingerprint density at radius 2 is 1.95 bits per heavy atom. The molecule has 1 atom stereocenters. The maximum absolute atomic E-state index is 14.5. The molecule has 6 nitrogen and oxygen atoms in total. The van der Waals surface area contributed by atoms with Crippen LogP contribution in [-0.4, -0.2) is 30.6 Å². The zero-order chi connectivity index (χ0) is 28.3. The Kier molecular flexibility index (Phi) is 8.35. The van der Waals surface area contributed by atoms with Crippen molar-refractivity contribution in [1.29, 1.82) is 0 Å². The Bertz CT molecular complexity index is 1380. The van der Waals surface area contributed by atoms with E-state index in [1.165, 1.54) is 31.4 Å². The number of rotatable bonds is 11. The molecule has 0 N–H and O–H groups in total. The fraction of sp³-hybridized carbons (Fsp3) is 0.433. The number of hydrogen-bond acceptors (Lipinski definition) is 6. The van der Waals surface area contributed by atoms with Crippen molar-refractivity contribution in [1.82, 2.24) is 5.16 Å². The topological polar surface area (TPSA) is 73.9 Å². The number of carbonyl (C=O) groups is 1. The lowest BCUT2D eigenvalue weighted by atomic mass is 9.81. The van der Waals surface area contributed by atoms with Crippen LogP contribution in [0.2, 0.25) is 0 Å². The van der Waals surface area contributed by atoms with Crippen molar-refractivity contribution in [3.8, 4) is 11.3 Å². The number of hydrogen-bond donors (Lipinski definition) is 0. The van der Waals surface area contributed by atoms with Crippen LogP contribution in [-0.2, 0) is 22.3 Å². The van der Waals surface area contributed by atoms with E-state index in [-0.39, 0.29) is 41.1 Å². The molecule has 1 unspecified atom stereocenters. The summed E-state index contributed by atoms with van der Waals surface area (Å²) in [6.07, 6.45) is 3.01. The van der Waals surface area contributed by atoms with Gasteiger partial charge in [-0.1, -0.05) is 42.6 Å². The molecular weight excluding hydrogens is 528 g/mol. The molecule has 0 bridgehead atoms. The van der Waals surface area contributed by atoms with Gasteiger partial charge in [0.05, 0.1) is 36.6 Å². The van der Waals surface area contributed by atoms with Crippen LogP contribution in [0.1, 0.15) is 78.1 Å². The zero-order valence-electron chi connectivity index (χ0n) is 22.0. The molecule has 2 saturated carbocycles. The molecule has 1 heterocycles. The van der Waals surface area contributed by atoms with E-state index in [0.29, 0.717) is 23.7 Å². The highest BCUT2D eigenvalue weighted by atomic mass is 19.4. The first kappa shape index (κ1) is 28.0. The average molecular weight is 559 g/mol. The Morgan fingerprint density at radius 3 is 2.60 bits per heavy atom. The number of benzene rings is 2. The van der Waals surface area contributed by atoms with Crippen LogP contribution in [0.4, 0.5) is 23.2 Å². The van der Waals surface area contributed by atoms with Crippen molar-refractivity contribution in [2.24, 2.45) is 10.9 Å². The molecule has 2 aliphatic rings. The molecule has 5 rings (SSSR count). The standard InChI is InChI=1S/C30H30F4N2O4/c1-38-29(37)20-11-12-26(25(31)16-20)35-14-13-21(15-18-5-4-6-18)39-17-23-27(36-40-28(23)19-9-10-19)22-7-2-3-8-24(22)30(32,33)34/h2-3,7-8,11-12,14,16,18-19,21H,4-6,9-10,13,15,17H2,1H3/b35-14+. The Balaban J connectivity index is 1.34. The van der Waals surface area contributed by atoms with Gasteiger partial charge in [0, 0.05) is 29.7 Å². The fourth-order valence-electron chi connectivity index (χ4n) is 4.94. The third-order valence-electron chi connectivity index (χ3n) is 7.51. The van der Waals surface area contributed by atoms with Crippen molar-refractivity contribution in [2.45, 2.75) is 69.8 Å². The SMILES string of the molecule is COC(=O)c1ccc(/N=C/CC(CC2CCC2)OCc2c(-c3ccccc3C(F)(F)F)noc2C2CC2)c(F)c1. The lowest BCUT2D eigenvalue weighted by Gasteiger charge is -2.29. The summed E-state index contributed by atoms with van der Waals surface area (Å²) in [6.45, 7) is 0.0459. The van der Waals surface area contributed by atoms with E-state index < -0.39 is 23.5 Å². The predicted molar refractivity (Wildman–Crippen MR) is 140 cm³/mol. The van der Waals surface area contributed by atoms with Gasteiger partial charge in [-0.25, -0.2) is 9.18 Å². The number of esters is 1. The smallest absolute Gasteiger partial charge is 0.417 e. The Hall–Kier alpha value is -3.53. The van der Waals surface area contributed by atoms with Gasteiger partial charge in [0.15, 0.2) is 0 Å². The minimum Gasteiger partial charge on any atom is -0.465 e. The van der Waals surface area contributed by atoms with Crippen LogP contribution in [0.15, 0.2) is 52.0 Å². The third kappa shape index (κ3) is 6.43. The highest BCUT2D eigenvalue weighted by molar-refractivity contribution is 5.89. The average Bonchev–Trinajstić information content (AvgIpc) is 3.67. The third-order valence-corrected chi connectivity index (χ3v) is 7.51. The second kappa shape index (κ2) is 11.9. The molecule has 1 aromatic heterocycles. The van der Waals surface area contributed by atoms with Gasteiger partial charge < -0.3 is 14.0 Å². The summed E-state index contributed by atoms with van der Waals surface area (Å²) in [5.41, 5.74) is 0.0553. The number of carbonyl (C=O) groups excluding carboxylic acids is 1. The fourth-order valence-corrected chi connectivity index (χ4v) is 4.94. The minimum atomic E-state index is -4.54. The van der Waals surface area contributed by atoms with E-state index in [0.717, 1.165) is 50.7 Å². The van der Waals surface area contributed by atoms with Crippen molar-refractivity contribution in [2.75, 3.05) is 7.11 Å². The molecule has 10 heteroatoms. The van der Waals surface area contributed by atoms with E-state index >= 15 is 0 Å². The van der Waals surface area contributed by atoms with E-state index in [1.807, 2.05) is 0 Å². The van der Waals surface area contributed by atoms with Crippen molar-refractivity contribution in [3.63, 3.8) is 0 Å². The van der Waals surface area contributed by atoms with Crippen LogP contribution in [0.3, 0.4) is 0 Å². The number of nitrogens with zero attached hydrogens (tertiary/aromatic N) is 2. The van der Waals surface area contributed by atoms with E-state index in [4.69, 9.17) is 9.26 Å². The summed E-state index contributed by atoms with van der Waals surface area (Å²) in [6, 6.07) is 9.26. The number of methoxy groups -OCH3 is 1. The number of alkyl halides is 3. The molecule has 0 spiro atoms. The quantitative estimate of drug-likeness (QED) is 0.135. The Labute approximate surface area is 229 Å². The molecule has 0 saturated heterocycles. The molecule has 2 aliphatic carbocycles. The molecule has 3 aromatic rings. The summed E-state index contributed by atoms with van der Waals surface area (Å²) < 4.78 is 72.3. The van der Waals surface area contributed by atoms with Crippen LogP contribution >= 0.6 is 0 Å². The largest absolute Gasteiger partial charge is 0.465 e. The summed E-state index contributed by atoms with van der Waals surface area (Å²) in [7, 11) is 1.22. The van der Waals surface area contributed by atoms with Crippen molar-refractivity contribution < 1.29 is 36.4 Å². The molecular formula is C30H30F4N2O4. The predicted octanol–water partition coefficient (Wildman–Crippen LogP) is 8.03. The Morgan fingerprint density at radius 1 is 1.18 bits per heavy atom.